The number of fused-ring (bicyclic) bond motifs is 2. The minimum Gasteiger partial charge on any atom is -0.0631 e. The maximum absolute atomic E-state index is 2.42. The largest absolute Gasteiger partial charge is 0.121 e. The van der Waals surface area contributed by atoms with Crippen LogP contribution in [0.2, 0.25) is 0 Å². The van der Waals surface area contributed by atoms with Crippen molar-refractivity contribution >= 4 is 41.4 Å². The molecule has 0 unspecified atom stereocenters. The molecule has 154 valence electrons. The van der Waals surface area contributed by atoms with Crippen molar-refractivity contribution < 1.29 is 0 Å². The van der Waals surface area contributed by atoms with Crippen LogP contribution in [0.25, 0.3) is 43.8 Å². The van der Waals surface area contributed by atoms with Gasteiger partial charge in [0.25, 0.3) is 0 Å². The van der Waals surface area contributed by atoms with Gasteiger partial charge in [0, 0.05) is 0 Å². The van der Waals surface area contributed by atoms with Crippen LogP contribution in [-0.4, -0.2) is 9.52 Å². The summed E-state index contributed by atoms with van der Waals surface area (Å²) in [5.74, 6) is 0. The molecule has 0 atom stereocenters. The first-order chi connectivity index (χ1) is 16.4. The molecule has 0 saturated heterocycles. The van der Waals surface area contributed by atoms with Crippen LogP contribution in [0.1, 0.15) is 0 Å². The van der Waals surface area contributed by atoms with Gasteiger partial charge in [-0.2, -0.15) is 0 Å². The molecule has 0 aromatic heterocycles. The van der Waals surface area contributed by atoms with E-state index in [-0.39, 0.29) is 0 Å². The van der Waals surface area contributed by atoms with E-state index in [1.165, 1.54) is 54.2 Å². The van der Waals surface area contributed by atoms with E-state index >= 15 is 0 Å². The second-order valence-electron chi connectivity index (χ2n) is 8.28. The second kappa shape index (κ2) is 8.53. The van der Waals surface area contributed by atoms with Crippen LogP contribution >= 0.6 is 0 Å². The zero-order valence-corrected chi connectivity index (χ0v) is 19.2. The fourth-order valence-corrected chi connectivity index (χ4v) is 5.85. The quantitative estimate of drug-likeness (QED) is 0.207. The average Bonchev–Trinajstić information content (AvgIpc) is 2.89. The predicted molar refractivity (Wildman–Crippen MR) is 144 cm³/mol. The van der Waals surface area contributed by atoms with Gasteiger partial charge in [0.2, 0.25) is 0 Å². The van der Waals surface area contributed by atoms with E-state index < -0.39 is 0 Å². The molecule has 0 saturated carbocycles. The van der Waals surface area contributed by atoms with Gasteiger partial charge in [0.05, 0.1) is 0 Å². The fraction of sp³-hybridized carbons (Fsp3) is 0. The number of benzene rings is 6. The molecule has 0 aliphatic carbocycles. The summed E-state index contributed by atoms with van der Waals surface area (Å²) in [5, 5.41) is 7.95. The lowest BCUT2D eigenvalue weighted by Gasteiger charge is -2.18. The van der Waals surface area contributed by atoms with E-state index in [4.69, 9.17) is 0 Å². The molecular weight excluding hydrogens is 412 g/mol. The molecule has 0 aliphatic heterocycles. The second-order valence-corrected chi connectivity index (χ2v) is 9.68. The topological polar surface area (TPSA) is 0 Å². The van der Waals surface area contributed by atoms with Gasteiger partial charge in [-0.1, -0.05) is 144 Å². The summed E-state index contributed by atoms with van der Waals surface area (Å²) in [5.41, 5.74) is 5.16. The van der Waals surface area contributed by atoms with Crippen LogP contribution < -0.4 is 10.4 Å². The maximum atomic E-state index is 2.42. The Kier molecular flexibility index (Phi) is 5.10. The van der Waals surface area contributed by atoms with Gasteiger partial charge >= 0.3 is 0 Å². The first-order valence-electron chi connectivity index (χ1n) is 11.3. The Bertz CT molecular complexity index is 1550. The minimum absolute atomic E-state index is 0.634. The van der Waals surface area contributed by atoms with Crippen molar-refractivity contribution in [2.24, 2.45) is 0 Å². The van der Waals surface area contributed by atoms with Crippen molar-refractivity contribution in [3.8, 4) is 22.3 Å². The molecule has 0 N–H and O–H groups in total. The fourth-order valence-electron chi connectivity index (χ4n) is 4.78. The van der Waals surface area contributed by atoms with Crippen LogP contribution in [-0.2, 0) is 0 Å². The van der Waals surface area contributed by atoms with E-state index in [0.29, 0.717) is 9.52 Å². The molecule has 0 aliphatic rings. The van der Waals surface area contributed by atoms with Gasteiger partial charge in [-0.05, 0) is 43.8 Å². The molecule has 1 heteroatoms. The highest BCUT2D eigenvalue weighted by atomic mass is 28.2. The average molecular weight is 435 g/mol. The van der Waals surface area contributed by atoms with Crippen LogP contribution in [0.3, 0.4) is 0 Å². The summed E-state index contributed by atoms with van der Waals surface area (Å²) in [6, 6.07) is 48.3. The first-order valence-corrected chi connectivity index (χ1v) is 12.3. The third-order valence-corrected chi connectivity index (χ3v) is 7.43. The predicted octanol–water partition coefficient (Wildman–Crippen LogP) is 6.98. The number of hydrogen-bond donors (Lipinski definition) is 0. The van der Waals surface area contributed by atoms with E-state index in [1.807, 2.05) is 0 Å². The lowest BCUT2D eigenvalue weighted by molar-refractivity contribution is 1.65. The summed E-state index contributed by atoms with van der Waals surface area (Å²) in [7, 11) is 0.634. The van der Waals surface area contributed by atoms with E-state index in [1.54, 1.807) is 0 Å². The molecule has 6 rings (SSSR count). The monoisotopic (exact) mass is 434 g/mol. The summed E-state index contributed by atoms with van der Waals surface area (Å²) in [6.07, 6.45) is 0. The minimum atomic E-state index is 0.634. The summed E-state index contributed by atoms with van der Waals surface area (Å²) in [6.45, 7) is 0. The molecule has 0 nitrogen and oxygen atoms in total. The van der Waals surface area contributed by atoms with Gasteiger partial charge in [-0.3, -0.25) is 0 Å². The third kappa shape index (κ3) is 3.67. The van der Waals surface area contributed by atoms with Gasteiger partial charge in [0.15, 0.2) is 0 Å². The lowest BCUT2D eigenvalue weighted by Crippen LogP contribution is -2.26. The van der Waals surface area contributed by atoms with Crippen molar-refractivity contribution in [2.45, 2.75) is 0 Å². The van der Waals surface area contributed by atoms with Gasteiger partial charge in [-0.25, -0.2) is 0 Å². The zero-order valence-electron chi connectivity index (χ0n) is 18.2. The molecular formula is C32H22Si. The van der Waals surface area contributed by atoms with E-state index in [0.717, 1.165) is 0 Å². The van der Waals surface area contributed by atoms with Crippen LogP contribution in [0, 0.1) is 0 Å². The molecule has 6 aromatic rings. The van der Waals surface area contributed by atoms with Crippen molar-refractivity contribution in [3.63, 3.8) is 0 Å². The Morgan fingerprint density at radius 3 is 1.36 bits per heavy atom. The summed E-state index contributed by atoms with van der Waals surface area (Å²) < 4.78 is 0. The molecule has 0 bridgehead atoms. The maximum Gasteiger partial charge on any atom is 0.121 e. The molecule has 0 fully saturated rings. The lowest BCUT2D eigenvalue weighted by atomic mass is 9.86. The summed E-state index contributed by atoms with van der Waals surface area (Å²) >= 11 is 0. The van der Waals surface area contributed by atoms with Gasteiger partial charge in [-0.15, -0.1) is 0 Å². The highest BCUT2D eigenvalue weighted by molar-refractivity contribution is 6.67. The van der Waals surface area contributed by atoms with Crippen molar-refractivity contribution in [1.29, 1.82) is 0 Å². The Morgan fingerprint density at radius 1 is 0.333 bits per heavy atom. The molecule has 0 amide bonds. The highest BCUT2D eigenvalue weighted by Crippen LogP contribution is 2.43. The normalized spacial score (nSPS) is 11.2. The van der Waals surface area contributed by atoms with E-state index in [9.17, 15) is 0 Å². The highest BCUT2D eigenvalue weighted by Gasteiger charge is 2.17. The van der Waals surface area contributed by atoms with Crippen LogP contribution in [0.5, 0.6) is 0 Å². The molecule has 0 heterocycles. The molecule has 6 aromatic carbocycles. The number of hydrogen-bond acceptors (Lipinski definition) is 0. The Balaban J connectivity index is 1.71. The van der Waals surface area contributed by atoms with E-state index in [2.05, 4.69) is 133 Å². The Morgan fingerprint density at radius 2 is 0.788 bits per heavy atom. The smallest absolute Gasteiger partial charge is 0.0631 e. The third-order valence-electron chi connectivity index (χ3n) is 6.21. The Labute approximate surface area is 197 Å². The van der Waals surface area contributed by atoms with Crippen LogP contribution in [0.15, 0.2) is 133 Å². The first kappa shape index (κ1) is 19.7. The standard InChI is InChI=1S/C32H22Si/c1-4-12-23(13-5-1)31-27-18-10-11-19-28(27)32(24-14-6-2-7-15-24)30-22-26(20-21-29(30)31)33-25-16-8-3-9-17-25/h1-22H. The number of rotatable bonds is 4. The Hall–Kier alpha value is -3.94. The SMILES string of the molecule is c1ccc([Si]c2ccc3c(-c4ccccc4)c4ccccc4c(-c4ccccc4)c3c2)cc1. The van der Waals surface area contributed by atoms with Gasteiger partial charge in [0.1, 0.15) is 9.52 Å². The van der Waals surface area contributed by atoms with Gasteiger partial charge < -0.3 is 0 Å². The van der Waals surface area contributed by atoms with Crippen molar-refractivity contribution in [2.75, 3.05) is 0 Å². The summed E-state index contributed by atoms with van der Waals surface area (Å²) in [4.78, 5) is 0. The molecule has 2 radical (unpaired) electrons. The molecule has 0 spiro atoms. The van der Waals surface area contributed by atoms with Crippen molar-refractivity contribution in [1.82, 2.24) is 0 Å². The zero-order chi connectivity index (χ0) is 22.0. The molecule has 33 heavy (non-hydrogen) atoms. The van der Waals surface area contributed by atoms with Crippen molar-refractivity contribution in [3.05, 3.63) is 133 Å². The van der Waals surface area contributed by atoms with Crippen LogP contribution in [0.4, 0.5) is 0 Å².